The molecule has 0 spiro atoms. The van der Waals surface area contributed by atoms with Crippen LogP contribution < -0.4 is 0 Å². The van der Waals surface area contributed by atoms with Crippen LogP contribution in [-0.4, -0.2) is 90.9 Å². The highest BCUT2D eigenvalue weighted by molar-refractivity contribution is 5.94. The third-order valence-electron chi connectivity index (χ3n) is 26.5. The molecule has 10 heterocycles. The van der Waals surface area contributed by atoms with Crippen LogP contribution in [0.1, 0.15) is 5.82 Å². The number of nitrogens with zero attached hydrogens (tertiary/aromatic N) is 19. The van der Waals surface area contributed by atoms with E-state index in [1.54, 1.807) is 0 Å². The van der Waals surface area contributed by atoms with Gasteiger partial charge in [0, 0.05) is 62.3 Å². The molecule has 19 heteroatoms. The maximum absolute atomic E-state index is 5.24. The number of aromatic nitrogens is 19. The van der Waals surface area contributed by atoms with Crippen molar-refractivity contribution >= 4 is 99.3 Å². The van der Waals surface area contributed by atoms with E-state index in [1.165, 1.54) is 0 Å². The maximum atomic E-state index is 5.24. The van der Waals surface area contributed by atoms with E-state index in [-0.39, 0.29) is 0 Å². The van der Waals surface area contributed by atoms with Gasteiger partial charge in [-0.3, -0.25) is 46.1 Å². The van der Waals surface area contributed by atoms with Crippen LogP contribution in [0.3, 0.4) is 0 Å². The lowest BCUT2D eigenvalue weighted by Gasteiger charge is -2.19. The second-order valence-corrected chi connectivity index (χ2v) is 35.0. The van der Waals surface area contributed by atoms with E-state index in [0.717, 1.165) is 235 Å². The van der Waals surface area contributed by atoms with E-state index in [4.69, 9.17) is 34.9 Å². The topological polar surface area (TPSA) is 173 Å². The molecule has 0 fully saturated rings. The van der Waals surface area contributed by atoms with Gasteiger partial charge in [0.25, 0.3) is 0 Å². The first-order valence-electron chi connectivity index (χ1n) is 47.2. The van der Waals surface area contributed by atoms with E-state index < -0.39 is 0 Å². The number of aryl methyl sites for hydroxylation is 1. The van der Waals surface area contributed by atoms with Gasteiger partial charge < -0.3 is 0 Å². The number of rotatable bonds is 16. The number of fused-ring (bicyclic) bond motifs is 9. The molecule has 670 valence electrons. The predicted molar refractivity (Wildman–Crippen MR) is 572 cm³/mol. The van der Waals surface area contributed by atoms with Crippen molar-refractivity contribution in [3.05, 3.63) is 492 Å². The van der Waals surface area contributed by atoms with Crippen molar-refractivity contribution in [2.45, 2.75) is 6.92 Å². The summed E-state index contributed by atoms with van der Waals surface area (Å²) in [5, 5.41) is 0. The molecule has 0 unspecified atom stereocenters. The molecule has 0 amide bonds. The predicted octanol–water partition coefficient (Wildman–Crippen LogP) is 28.5. The van der Waals surface area contributed by atoms with Crippen LogP contribution in [0.4, 0.5) is 0 Å². The summed E-state index contributed by atoms with van der Waals surface area (Å²) in [6.45, 7) is 2.06. The Morgan fingerprint density at radius 2 is 0.415 bits per heavy atom. The number of benzene rings is 18. The average Bonchev–Trinajstić information content (AvgIpc) is 1.60. The van der Waals surface area contributed by atoms with Gasteiger partial charge >= 0.3 is 0 Å². The normalized spacial score (nSPS) is 11.6. The van der Waals surface area contributed by atoms with E-state index in [2.05, 4.69) is 403 Å². The van der Waals surface area contributed by atoms with E-state index in [9.17, 15) is 0 Å². The molecule has 0 atom stereocenters. The number of hydrogen-bond acceptors (Lipinski definition) is 10. The van der Waals surface area contributed by atoms with Crippen molar-refractivity contribution < 1.29 is 0 Å². The van der Waals surface area contributed by atoms with Gasteiger partial charge in [-0.1, -0.05) is 261 Å². The minimum absolute atomic E-state index is 0.793. The molecule has 28 rings (SSSR count). The Morgan fingerprint density at radius 3 is 0.761 bits per heavy atom. The molecule has 28 aromatic rings. The van der Waals surface area contributed by atoms with E-state index in [1.807, 2.05) is 147 Å². The summed E-state index contributed by atoms with van der Waals surface area (Å²) < 4.78 is 20.0. The van der Waals surface area contributed by atoms with Crippen LogP contribution in [-0.2, 0) is 0 Å². The summed E-state index contributed by atoms with van der Waals surface area (Å²) in [5.74, 6) is 4.38. The summed E-state index contributed by atoms with van der Waals surface area (Å²) >= 11 is 0. The summed E-state index contributed by atoms with van der Waals surface area (Å²) in [4.78, 5) is 49.0. The molecule has 0 saturated carbocycles. The van der Waals surface area contributed by atoms with Crippen molar-refractivity contribution in [3.63, 3.8) is 0 Å². The van der Waals surface area contributed by atoms with Gasteiger partial charge in [0.2, 0.25) is 0 Å². The summed E-state index contributed by atoms with van der Waals surface area (Å²) in [5.41, 5.74) is 37.5. The van der Waals surface area contributed by atoms with Crippen LogP contribution in [0.2, 0.25) is 0 Å². The quantitative estimate of drug-likeness (QED) is 0.0906. The lowest BCUT2D eigenvalue weighted by atomic mass is 10.0. The molecule has 0 bridgehead atoms. The summed E-state index contributed by atoms with van der Waals surface area (Å²) in [7, 11) is 0. The highest BCUT2D eigenvalue weighted by atomic mass is 15.2. The Labute approximate surface area is 814 Å². The van der Waals surface area contributed by atoms with Crippen molar-refractivity contribution in [1.82, 2.24) is 90.9 Å². The minimum Gasteiger partial charge on any atom is -0.299 e. The van der Waals surface area contributed by atoms with Gasteiger partial charge in [-0.25, -0.2) is 44.9 Å². The molecule has 0 saturated heterocycles. The van der Waals surface area contributed by atoms with E-state index in [0.29, 0.717) is 0 Å². The molecule has 0 aliphatic heterocycles. The van der Waals surface area contributed by atoms with Gasteiger partial charge in [0.1, 0.15) is 54.3 Å². The largest absolute Gasteiger partial charge is 0.299 e. The summed E-state index contributed by atoms with van der Waals surface area (Å²) in [6.07, 6.45) is 9.41. The molecule has 18 aromatic carbocycles. The zero-order valence-electron chi connectivity index (χ0n) is 76.7. The zero-order valence-corrected chi connectivity index (χ0v) is 76.7. The van der Waals surface area contributed by atoms with Gasteiger partial charge in [-0.05, 0) is 218 Å². The van der Waals surface area contributed by atoms with Crippen molar-refractivity contribution in [1.29, 1.82) is 0 Å². The van der Waals surface area contributed by atoms with Crippen LogP contribution in [0.25, 0.3) is 230 Å². The second kappa shape index (κ2) is 35.2. The SMILES string of the molecule is Cc1nc2ccccc2n1-c1ccccc1-c1cc(-n2cnc3ccccc32)cc(-n2cnc3ccccc32)c1.c1ccc(-c2nc3ccccc3n2-c2cc(-c3ccccc3-n3c(-c4ccccc4)nc4ccccc43)cc(-n3c(-c4ccccc4)nc4ccccc43)c2)cc1.c1ccc(-c2nc3ccccc3n2-c2ccccc2-c2cc(-n3cnc4ccccc43)cc(-n3cnc4ccccc43)c2)nc1. The minimum atomic E-state index is 0.793. The molecule has 142 heavy (non-hydrogen) atoms. The molecule has 10 aromatic heterocycles. The third kappa shape index (κ3) is 14.8. The first-order valence-corrected chi connectivity index (χ1v) is 47.2. The monoisotopic (exact) mass is 1830 g/mol. The highest BCUT2D eigenvalue weighted by Gasteiger charge is 2.27. The standard InChI is InChI=1S/C51H34N6.C38H25N7.C34H24N6/c1-4-18-35(19-5-1)49-52-42-25-11-15-29-46(42)55(49)39-32-38(33-40(34-39)56-47-30-16-12-26-43(47)53-50(56)36-20-6-2-7-21-36)41-24-10-14-28-45(41)57-48-31-17-13-27-44(48)54-51(57)37-22-8-3-9-23-37;1-5-16-34(45-37-19-8-4-14-32(37)42-38(45)33-15-9-10-20-39-33)29(11-1)26-21-27(43-24-40-30-12-2-6-17-35(30)43)23-28(22-26)44-25-41-31-13-3-7-18-36(31)44;1-23-37-30-13-5-9-17-34(30)40(23)31-14-6-2-10-27(31)24-18-25(38-21-35-28-11-3-7-15-32(28)38)20-26(19-24)39-22-36-29-12-4-8-16-33(29)39/h1-34H;1-25H;2-22H,1H3. The molecular formula is C123H83N19. The Bertz CT molecular complexity index is 9350. The van der Waals surface area contributed by atoms with Crippen LogP contribution in [0, 0.1) is 6.92 Å². The smallest absolute Gasteiger partial charge is 0.164 e. The fourth-order valence-electron chi connectivity index (χ4n) is 20.0. The Kier molecular flexibility index (Phi) is 20.6. The van der Waals surface area contributed by atoms with Crippen molar-refractivity contribution in [2.75, 3.05) is 0 Å². The maximum Gasteiger partial charge on any atom is 0.164 e. The molecule has 0 aliphatic carbocycles. The lowest BCUT2D eigenvalue weighted by molar-refractivity contribution is 1.00. The average molecular weight is 1830 g/mol. The summed E-state index contributed by atoms with van der Waals surface area (Å²) in [6, 6.07) is 158. The number of hydrogen-bond donors (Lipinski definition) is 0. The molecule has 0 radical (unpaired) electrons. The van der Waals surface area contributed by atoms with Crippen LogP contribution in [0.15, 0.2) is 486 Å². The first kappa shape index (κ1) is 83.0. The number of imidazole rings is 9. The third-order valence-corrected chi connectivity index (χ3v) is 26.5. The molecule has 0 aliphatic rings. The highest BCUT2D eigenvalue weighted by Crippen LogP contribution is 2.44. The molecule has 0 N–H and O–H groups in total. The van der Waals surface area contributed by atoms with E-state index >= 15 is 0 Å². The molecule has 19 nitrogen and oxygen atoms in total. The van der Waals surface area contributed by atoms with Crippen LogP contribution >= 0.6 is 0 Å². The second-order valence-electron chi connectivity index (χ2n) is 35.0. The van der Waals surface area contributed by atoms with Gasteiger partial charge in [0.05, 0.1) is 128 Å². The Hall–Kier alpha value is -19.7. The van der Waals surface area contributed by atoms with Crippen molar-refractivity contribution in [2.24, 2.45) is 0 Å². The lowest BCUT2D eigenvalue weighted by Crippen LogP contribution is -2.04. The van der Waals surface area contributed by atoms with Gasteiger partial charge in [-0.2, -0.15) is 0 Å². The van der Waals surface area contributed by atoms with Gasteiger partial charge in [0.15, 0.2) is 5.82 Å². The van der Waals surface area contributed by atoms with Crippen molar-refractivity contribution in [3.8, 4) is 130 Å². The Morgan fingerprint density at radius 1 is 0.169 bits per heavy atom. The number of pyridine rings is 1. The van der Waals surface area contributed by atoms with Crippen LogP contribution in [0.5, 0.6) is 0 Å². The first-order chi connectivity index (χ1) is 70.3. The number of para-hydroxylation sites is 21. The zero-order chi connectivity index (χ0) is 94.1. The molecular weight excluding hydrogens is 1740 g/mol. The fraction of sp³-hybridized carbons (Fsp3) is 0.00813. The van der Waals surface area contributed by atoms with Gasteiger partial charge in [-0.15, -0.1) is 0 Å². The Balaban J connectivity index is 0.000000111. The fourth-order valence-corrected chi connectivity index (χ4v) is 20.0.